The van der Waals surface area contributed by atoms with Crippen LogP contribution in [0.15, 0.2) is 0 Å². The fourth-order valence-electron chi connectivity index (χ4n) is 2.24. The van der Waals surface area contributed by atoms with Crippen molar-refractivity contribution >= 4 is 5.97 Å². The summed E-state index contributed by atoms with van der Waals surface area (Å²) in [4.78, 5) is 11.9. The lowest BCUT2D eigenvalue weighted by atomic mass is 9.93. The van der Waals surface area contributed by atoms with Crippen LogP contribution in [0.3, 0.4) is 0 Å². The Morgan fingerprint density at radius 1 is 1.00 bits per heavy atom. The van der Waals surface area contributed by atoms with E-state index in [9.17, 15) is 18.0 Å². The Hall–Kier alpha value is -0.780. The molecule has 0 aromatic heterocycles. The average molecular weight is 325 g/mol. The highest BCUT2D eigenvalue weighted by molar-refractivity contribution is 5.73. The lowest BCUT2D eigenvalue weighted by Gasteiger charge is -2.24. The van der Waals surface area contributed by atoms with E-state index in [1.54, 1.807) is 0 Å². The van der Waals surface area contributed by atoms with E-state index in [0.29, 0.717) is 12.8 Å². The highest BCUT2D eigenvalue weighted by atomic mass is 19.4. The molecule has 0 aliphatic carbocycles. The lowest BCUT2D eigenvalue weighted by Crippen LogP contribution is -2.47. The second kappa shape index (κ2) is 11.7. The van der Waals surface area contributed by atoms with Gasteiger partial charge in [-0.2, -0.15) is 13.2 Å². The topological polar surface area (TPSA) is 52.3 Å². The maximum Gasteiger partial charge on any atom is 0.404 e. The van der Waals surface area contributed by atoms with Crippen molar-refractivity contribution in [3.8, 4) is 0 Å². The van der Waals surface area contributed by atoms with Crippen LogP contribution in [-0.4, -0.2) is 24.8 Å². The molecule has 132 valence electrons. The van der Waals surface area contributed by atoms with Crippen molar-refractivity contribution < 1.29 is 22.7 Å². The van der Waals surface area contributed by atoms with E-state index in [-0.39, 0.29) is 13.0 Å². The first-order valence-electron chi connectivity index (χ1n) is 8.33. The molecule has 0 heterocycles. The molecule has 0 rings (SSSR count). The van der Waals surface area contributed by atoms with Crippen molar-refractivity contribution in [3.05, 3.63) is 0 Å². The summed E-state index contributed by atoms with van der Waals surface area (Å²) in [6, 6.07) is -2.14. The standard InChI is InChI=1S/C16H30F3NO2/c1-3-5-7-8-9-10-11-13(14(20)16(17,18)19)15(21)22-12-6-4-2/h13-14H,3-12,20H2,1-2H3/t13-,14-/m0/s1. The maximum atomic E-state index is 12.8. The zero-order valence-electron chi connectivity index (χ0n) is 13.8. The number of esters is 1. The first kappa shape index (κ1) is 21.2. The van der Waals surface area contributed by atoms with Crippen molar-refractivity contribution in [2.75, 3.05) is 6.61 Å². The van der Waals surface area contributed by atoms with Crippen LogP contribution in [0, 0.1) is 5.92 Å². The summed E-state index contributed by atoms with van der Waals surface area (Å²) in [5, 5.41) is 0. The van der Waals surface area contributed by atoms with Crippen LogP contribution in [0.2, 0.25) is 0 Å². The van der Waals surface area contributed by atoms with Crippen molar-refractivity contribution in [2.24, 2.45) is 11.7 Å². The van der Waals surface area contributed by atoms with Crippen molar-refractivity contribution in [1.82, 2.24) is 0 Å². The molecule has 0 unspecified atom stereocenters. The molecule has 0 radical (unpaired) electrons. The van der Waals surface area contributed by atoms with Gasteiger partial charge in [0, 0.05) is 0 Å². The molecule has 0 aliphatic heterocycles. The van der Waals surface area contributed by atoms with Gasteiger partial charge in [0.2, 0.25) is 0 Å². The number of rotatable bonds is 12. The fraction of sp³-hybridized carbons (Fsp3) is 0.938. The van der Waals surface area contributed by atoms with Crippen LogP contribution in [-0.2, 0) is 9.53 Å². The highest BCUT2D eigenvalue weighted by Gasteiger charge is 2.45. The molecule has 0 aliphatic rings. The van der Waals surface area contributed by atoms with Gasteiger partial charge in [0.05, 0.1) is 12.5 Å². The van der Waals surface area contributed by atoms with Crippen LogP contribution < -0.4 is 5.73 Å². The van der Waals surface area contributed by atoms with Crippen LogP contribution >= 0.6 is 0 Å². The average Bonchev–Trinajstić information content (AvgIpc) is 2.45. The minimum atomic E-state index is -4.57. The van der Waals surface area contributed by atoms with Gasteiger partial charge in [-0.3, -0.25) is 4.79 Å². The molecule has 0 aromatic rings. The van der Waals surface area contributed by atoms with E-state index in [1.165, 1.54) is 0 Å². The minimum absolute atomic E-state index is 0.137. The summed E-state index contributed by atoms with van der Waals surface area (Å²) >= 11 is 0. The SMILES string of the molecule is CCCCCCCC[C@H](C(=O)OCCCC)[C@H](N)C(F)(F)F. The summed E-state index contributed by atoms with van der Waals surface area (Å²) < 4.78 is 43.3. The molecule has 0 spiro atoms. The van der Waals surface area contributed by atoms with Crippen molar-refractivity contribution in [1.29, 1.82) is 0 Å². The summed E-state index contributed by atoms with van der Waals surface area (Å²) in [5.74, 6) is -2.10. The second-order valence-electron chi connectivity index (χ2n) is 5.75. The third-order valence-corrected chi connectivity index (χ3v) is 3.73. The summed E-state index contributed by atoms with van der Waals surface area (Å²) in [6.45, 7) is 4.18. The Labute approximate surface area is 131 Å². The molecule has 0 bridgehead atoms. The van der Waals surface area contributed by atoms with Crippen molar-refractivity contribution in [3.63, 3.8) is 0 Å². The molecular weight excluding hydrogens is 295 g/mol. The predicted molar refractivity (Wildman–Crippen MR) is 81.4 cm³/mol. The number of alkyl halides is 3. The Morgan fingerprint density at radius 3 is 2.09 bits per heavy atom. The van der Waals surface area contributed by atoms with Gasteiger partial charge in [0.25, 0.3) is 0 Å². The van der Waals surface area contributed by atoms with Gasteiger partial charge in [-0.15, -0.1) is 0 Å². The minimum Gasteiger partial charge on any atom is -0.465 e. The van der Waals surface area contributed by atoms with Gasteiger partial charge in [0.15, 0.2) is 0 Å². The number of hydrogen-bond donors (Lipinski definition) is 1. The van der Waals surface area contributed by atoms with E-state index >= 15 is 0 Å². The number of nitrogens with two attached hydrogens (primary N) is 1. The number of ether oxygens (including phenoxy) is 1. The largest absolute Gasteiger partial charge is 0.465 e. The monoisotopic (exact) mass is 325 g/mol. The number of carbonyl (C=O) groups is 1. The Kier molecular flexibility index (Phi) is 11.3. The molecule has 0 saturated carbocycles. The molecule has 2 N–H and O–H groups in total. The fourth-order valence-corrected chi connectivity index (χ4v) is 2.24. The van der Waals surface area contributed by atoms with Gasteiger partial charge in [-0.05, 0) is 12.8 Å². The third kappa shape index (κ3) is 9.28. The van der Waals surface area contributed by atoms with E-state index in [0.717, 1.165) is 38.5 Å². The molecule has 0 fully saturated rings. The predicted octanol–water partition coefficient (Wildman–Crippen LogP) is 4.59. The van der Waals surface area contributed by atoms with Crippen LogP contribution in [0.4, 0.5) is 13.2 Å². The van der Waals surface area contributed by atoms with E-state index < -0.39 is 24.1 Å². The zero-order valence-corrected chi connectivity index (χ0v) is 13.8. The van der Waals surface area contributed by atoms with Gasteiger partial charge in [-0.1, -0.05) is 58.8 Å². The molecule has 0 amide bonds. The number of unbranched alkanes of at least 4 members (excludes halogenated alkanes) is 6. The maximum absolute atomic E-state index is 12.8. The molecule has 0 aromatic carbocycles. The van der Waals surface area contributed by atoms with Crippen molar-refractivity contribution in [2.45, 2.75) is 83.9 Å². The van der Waals surface area contributed by atoms with Crippen LogP contribution in [0.1, 0.15) is 71.6 Å². The third-order valence-electron chi connectivity index (χ3n) is 3.73. The highest BCUT2D eigenvalue weighted by Crippen LogP contribution is 2.28. The molecule has 22 heavy (non-hydrogen) atoms. The first-order valence-corrected chi connectivity index (χ1v) is 8.33. The van der Waals surface area contributed by atoms with Gasteiger partial charge >= 0.3 is 12.1 Å². The first-order chi connectivity index (χ1) is 10.3. The Balaban J connectivity index is 4.37. The number of hydrogen-bond acceptors (Lipinski definition) is 3. The van der Waals surface area contributed by atoms with Gasteiger partial charge < -0.3 is 10.5 Å². The lowest BCUT2D eigenvalue weighted by molar-refractivity contribution is -0.177. The Morgan fingerprint density at radius 2 is 1.55 bits per heavy atom. The normalized spacial score (nSPS) is 14.6. The Bertz CT molecular complexity index is 296. The quantitative estimate of drug-likeness (QED) is 0.422. The molecule has 0 saturated heterocycles. The van der Waals surface area contributed by atoms with Gasteiger partial charge in [-0.25, -0.2) is 0 Å². The molecular formula is C16H30F3NO2. The van der Waals surface area contributed by atoms with Crippen LogP contribution in [0.5, 0.6) is 0 Å². The van der Waals surface area contributed by atoms with E-state index in [2.05, 4.69) is 6.92 Å². The van der Waals surface area contributed by atoms with Gasteiger partial charge in [0.1, 0.15) is 6.04 Å². The van der Waals surface area contributed by atoms with E-state index in [1.807, 2.05) is 6.92 Å². The zero-order chi connectivity index (χ0) is 17.0. The summed E-state index contributed by atoms with van der Waals surface area (Å²) in [6.07, 6.45) is 2.73. The smallest absolute Gasteiger partial charge is 0.404 e. The number of carbonyl (C=O) groups excluding carboxylic acids is 1. The van der Waals surface area contributed by atoms with Crippen LogP contribution in [0.25, 0.3) is 0 Å². The number of halogens is 3. The molecule has 6 heteroatoms. The molecule has 2 atom stereocenters. The summed E-state index contributed by atoms with van der Waals surface area (Å²) in [7, 11) is 0. The summed E-state index contributed by atoms with van der Waals surface area (Å²) in [5.41, 5.74) is 5.24. The molecule has 3 nitrogen and oxygen atoms in total. The second-order valence-corrected chi connectivity index (χ2v) is 5.75. The van der Waals surface area contributed by atoms with E-state index in [4.69, 9.17) is 10.5 Å².